The Morgan fingerprint density at radius 1 is 0.973 bits per heavy atom. The molecule has 37 heavy (non-hydrogen) atoms. The van der Waals surface area contributed by atoms with Crippen molar-refractivity contribution < 1.29 is 28.7 Å². The van der Waals surface area contributed by atoms with E-state index in [0.717, 1.165) is 43.7 Å². The van der Waals surface area contributed by atoms with E-state index in [0.29, 0.717) is 29.9 Å². The number of fused-ring (bicyclic) bond motifs is 1. The maximum atomic E-state index is 13.5. The number of piperidine rings is 3. The number of carbonyl (C=O) groups is 5. The molecule has 5 rings (SSSR count). The van der Waals surface area contributed by atoms with Crippen LogP contribution in [0.15, 0.2) is 18.2 Å². The zero-order valence-electron chi connectivity index (χ0n) is 21.7. The number of hydrogen-bond acceptors (Lipinski definition) is 7. The molecule has 1 aromatic rings. The number of nitrogens with zero attached hydrogens (tertiary/aromatic N) is 3. The van der Waals surface area contributed by atoms with Crippen LogP contribution in [0.4, 0.5) is 10.5 Å². The Kier molecular flexibility index (Phi) is 6.24. The van der Waals surface area contributed by atoms with Crippen molar-refractivity contribution >= 4 is 35.4 Å². The molecule has 0 saturated carbocycles. The second kappa shape index (κ2) is 9.15. The molecule has 0 aromatic heterocycles. The molecule has 10 nitrogen and oxygen atoms in total. The molecule has 0 radical (unpaired) electrons. The van der Waals surface area contributed by atoms with E-state index in [4.69, 9.17) is 4.74 Å². The van der Waals surface area contributed by atoms with Crippen LogP contribution in [0.1, 0.15) is 80.0 Å². The number of likely N-dealkylation sites (tertiary alicyclic amines) is 1. The van der Waals surface area contributed by atoms with Gasteiger partial charge in [-0.25, -0.2) is 4.79 Å². The molecule has 1 aromatic carbocycles. The lowest BCUT2D eigenvalue weighted by atomic mass is 9.71. The summed E-state index contributed by atoms with van der Waals surface area (Å²) < 4.78 is 5.53. The molecule has 0 aliphatic carbocycles. The Labute approximate surface area is 216 Å². The van der Waals surface area contributed by atoms with Crippen molar-refractivity contribution in [3.63, 3.8) is 0 Å². The minimum Gasteiger partial charge on any atom is -0.444 e. The summed E-state index contributed by atoms with van der Waals surface area (Å²) in [7, 11) is 0. The molecule has 198 valence electrons. The lowest BCUT2D eigenvalue weighted by Crippen LogP contribution is -2.54. The van der Waals surface area contributed by atoms with Gasteiger partial charge < -0.3 is 14.5 Å². The largest absolute Gasteiger partial charge is 0.444 e. The zero-order valence-corrected chi connectivity index (χ0v) is 21.7. The van der Waals surface area contributed by atoms with Crippen LogP contribution in [0.25, 0.3) is 0 Å². The Morgan fingerprint density at radius 3 is 2.24 bits per heavy atom. The number of ether oxygens (including phenoxy) is 1. The van der Waals surface area contributed by atoms with E-state index in [1.165, 1.54) is 0 Å². The Hall–Kier alpha value is -3.43. The third-order valence-corrected chi connectivity index (χ3v) is 8.09. The highest BCUT2D eigenvalue weighted by molar-refractivity contribution is 6.25. The standard InChI is InChI=1S/C27H34N4O6/c1-26(2,3)37-25(36)30-15-11-27(12-16-30)9-13-29(14-10-27)18-6-4-5-17-21(18)24(35)31(23(17)34)19-7-8-20(32)28-22(19)33/h4-6,19H,7-16H2,1-3H3,(H,28,32,33). The maximum Gasteiger partial charge on any atom is 0.410 e. The van der Waals surface area contributed by atoms with Crippen LogP contribution in [-0.2, 0) is 14.3 Å². The predicted molar refractivity (Wildman–Crippen MR) is 134 cm³/mol. The molecule has 3 fully saturated rings. The molecule has 4 aliphatic heterocycles. The van der Waals surface area contributed by atoms with Gasteiger partial charge in [0.25, 0.3) is 11.8 Å². The molecule has 0 bridgehead atoms. The van der Waals surface area contributed by atoms with Gasteiger partial charge in [-0.3, -0.25) is 29.4 Å². The van der Waals surface area contributed by atoms with E-state index < -0.39 is 35.3 Å². The fraction of sp³-hybridized carbons (Fsp3) is 0.593. The van der Waals surface area contributed by atoms with Crippen LogP contribution in [0.5, 0.6) is 0 Å². The summed E-state index contributed by atoms with van der Waals surface area (Å²) in [5.74, 6) is -1.96. The maximum absolute atomic E-state index is 13.5. The van der Waals surface area contributed by atoms with Crippen molar-refractivity contribution in [1.82, 2.24) is 15.1 Å². The van der Waals surface area contributed by atoms with Crippen LogP contribution >= 0.6 is 0 Å². The number of carbonyl (C=O) groups excluding carboxylic acids is 5. The number of rotatable bonds is 2. The lowest BCUT2D eigenvalue weighted by Gasteiger charge is -2.47. The first kappa shape index (κ1) is 25.2. The predicted octanol–water partition coefficient (Wildman–Crippen LogP) is 2.71. The summed E-state index contributed by atoms with van der Waals surface area (Å²) in [6, 6.07) is 4.29. The summed E-state index contributed by atoms with van der Waals surface area (Å²) >= 11 is 0. The van der Waals surface area contributed by atoms with Crippen LogP contribution in [0.3, 0.4) is 0 Å². The van der Waals surface area contributed by atoms with Crippen molar-refractivity contribution in [2.45, 2.75) is 70.9 Å². The van der Waals surface area contributed by atoms with Crippen LogP contribution in [-0.4, -0.2) is 77.3 Å². The zero-order chi connectivity index (χ0) is 26.5. The normalized spacial score (nSPS) is 23.9. The molecule has 1 unspecified atom stereocenters. The van der Waals surface area contributed by atoms with Crippen LogP contribution in [0, 0.1) is 5.41 Å². The SMILES string of the molecule is CC(C)(C)OC(=O)N1CCC2(CC1)CCN(c1cccc3c1C(=O)N(C1CCC(=O)NC1=O)C3=O)CC2. The molecule has 4 aliphatic rings. The molecule has 5 amide bonds. The van der Waals surface area contributed by atoms with Gasteiger partial charge in [-0.15, -0.1) is 0 Å². The van der Waals surface area contributed by atoms with E-state index in [1.807, 2.05) is 26.8 Å². The highest BCUT2D eigenvalue weighted by atomic mass is 16.6. The van der Waals surface area contributed by atoms with E-state index in [9.17, 15) is 24.0 Å². The lowest BCUT2D eigenvalue weighted by molar-refractivity contribution is -0.136. The molecule has 4 heterocycles. The van der Waals surface area contributed by atoms with Gasteiger partial charge in [0, 0.05) is 32.6 Å². The minimum atomic E-state index is -0.974. The number of hydrogen-bond donors (Lipinski definition) is 1. The monoisotopic (exact) mass is 510 g/mol. The Bertz CT molecular complexity index is 1150. The summed E-state index contributed by atoms with van der Waals surface area (Å²) in [6.07, 6.45) is 3.65. The van der Waals surface area contributed by atoms with E-state index in [-0.39, 0.29) is 24.3 Å². The van der Waals surface area contributed by atoms with Gasteiger partial charge in [-0.1, -0.05) is 6.07 Å². The van der Waals surface area contributed by atoms with Crippen molar-refractivity contribution in [2.75, 3.05) is 31.1 Å². The van der Waals surface area contributed by atoms with Crippen LogP contribution in [0.2, 0.25) is 0 Å². The van der Waals surface area contributed by atoms with Gasteiger partial charge in [-0.05, 0) is 70.4 Å². The first-order valence-corrected chi connectivity index (χ1v) is 13.1. The molecule has 1 atom stereocenters. The summed E-state index contributed by atoms with van der Waals surface area (Å²) in [5, 5.41) is 2.24. The van der Waals surface area contributed by atoms with E-state index in [1.54, 1.807) is 17.0 Å². The minimum absolute atomic E-state index is 0.0935. The van der Waals surface area contributed by atoms with Crippen molar-refractivity contribution in [2.24, 2.45) is 5.41 Å². The molecular weight excluding hydrogens is 476 g/mol. The average Bonchev–Trinajstić information content (AvgIpc) is 3.09. The van der Waals surface area contributed by atoms with Crippen molar-refractivity contribution in [1.29, 1.82) is 0 Å². The average molecular weight is 511 g/mol. The highest BCUT2D eigenvalue weighted by Gasteiger charge is 2.47. The van der Waals surface area contributed by atoms with Gasteiger partial charge in [0.1, 0.15) is 11.6 Å². The number of anilines is 1. The van der Waals surface area contributed by atoms with Crippen molar-refractivity contribution in [3.8, 4) is 0 Å². The van der Waals surface area contributed by atoms with Gasteiger partial charge in [0.05, 0.1) is 16.8 Å². The number of benzene rings is 1. The van der Waals surface area contributed by atoms with Gasteiger partial charge in [0.15, 0.2) is 0 Å². The molecular formula is C27H34N4O6. The van der Waals surface area contributed by atoms with Gasteiger partial charge in [-0.2, -0.15) is 0 Å². The number of amides is 5. The second-order valence-corrected chi connectivity index (χ2v) is 11.6. The fourth-order valence-electron chi connectivity index (χ4n) is 5.97. The van der Waals surface area contributed by atoms with Gasteiger partial charge >= 0.3 is 6.09 Å². The summed E-state index contributed by atoms with van der Waals surface area (Å²) in [6.45, 7) is 8.43. The first-order valence-electron chi connectivity index (χ1n) is 13.1. The van der Waals surface area contributed by atoms with Crippen molar-refractivity contribution in [3.05, 3.63) is 29.3 Å². The second-order valence-electron chi connectivity index (χ2n) is 11.6. The van der Waals surface area contributed by atoms with Gasteiger partial charge in [0.2, 0.25) is 11.8 Å². The van der Waals surface area contributed by atoms with E-state index in [2.05, 4.69) is 10.2 Å². The highest BCUT2D eigenvalue weighted by Crippen LogP contribution is 2.44. The Morgan fingerprint density at radius 2 is 1.62 bits per heavy atom. The van der Waals surface area contributed by atoms with E-state index >= 15 is 0 Å². The number of nitrogens with one attached hydrogen (secondary N) is 1. The quantitative estimate of drug-likeness (QED) is 0.608. The molecule has 3 saturated heterocycles. The summed E-state index contributed by atoms with van der Waals surface area (Å²) in [5.41, 5.74) is 0.990. The van der Waals surface area contributed by atoms with Crippen LogP contribution < -0.4 is 10.2 Å². The molecule has 10 heteroatoms. The first-order chi connectivity index (χ1) is 17.5. The third-order valence-electron chi connectivity index (χ3n) is 8.09. The summed E-state index contributed by atoms with van der Waals surface area (Å²) in [4.78, 5) is 68.0. The molecule has 1 spiro atoms. The fourth-order valence-corrected chi connectivity index (χ4v) is 5.97. The third kappa shape index (κ3) is 4.69. The smallest absolute Gasteiger partial charge is 0.410 e. The topological polar surface area (TPSA) is 116 Å². The molecule has 1 N–H and O–H groups in total. The Balaban J connectivity index is 1.26. The number of imide groups is 2.